The molecule has 1 N–H and O–H groups in total. The molecule has 1 saturated heterocycles. The minimum absolute atomic E-state index is 0.292. The van der Waals surface area contributed by atoms with Gasteiger partial charge in [0.25, 0.3) is 0 Å². The SMILES string of the molecule is CN(C)C(=O)CC1CCC2(CC1)CCN(Cc1nccn1C)CC2.O=C(O)C(F)(F)F. The third-order valence-electron chi connectivity index (χ3n) is 6.57. The van der Waals surface area contributed by atoms with Gasteiger partial charge in [0.05, 0.1) is 6.54 Å². The van der Waals surface area contributed by atoms with E-state index < -0.39 is 12.1 Å². The highest BCUT2D eigenvalue weighted by Crippen LogP contribution is 2.47. The normalized spacial score (nSPS) is 19.5. The number of aryl methyl sites for hydroxylation is 1. The second kappa shape index (κ2) is 10.5. The van der Waals surface area contributed by atoms with Crippen molar-refractivity contribution >= 4 is 11.9 Å². The number of hydrogen-bond acceptors (Lipinski definition) is 4. The Morgan fingerprint density at radius 3 is 2.16 bits per heavy atom. The lowest BCUT2D eigenvalue weighted by Gasteiger charge is -2.46. The van der Waals surface area contributed by atoms with Gasteiger partial charge in [-0.2, -0.15) is 13.2 Å². The van der Waals surface area contributed by atoms with E-state index in [1.807, 2.05) is 26.5 Å². The summed E-state index contributed by atoms with van der Waals surface area (Å²) >= 11 is 0. The highest BCUT2D eigenvalue weighted by Gasteiger charge is 2.39. The standard InChI is InChI=1S/C19H32N4O.C2HF3O2/c1-21(2)18(24)14-16-4-6-19(7-5-16)8-11-23(12-9-19)15-17-20-10-13-22(17)3;3-2(4,5)1(6)7/h10,13,16H,4-9,11-12,14-15H2,1-3H3;(H,6,7). The van der Waals surface area contributed by atoms with Crippen molar-refractivity contribution in [3.63, 3.8) is 0 Å². The second-order valence-corrected chi connectivity index (χ2v) is 8.97. The van der Waals surface area contributed by atoms with Crippen LogP contribution in [0.2, 0.25) is 0 Å². The van der Waals surface area contributed by atoms with Crippen LogP contribution in [0.1, 0.15) is 50.8 Å². The lowest BCUT2D eigenvalue weighted by Crippen LogP contribution is -2.42. The predicted molar refractivity (Wildman–Crippen MR) is 109 cm³/mol. The van der Waals surface area contributed by atoms with Crippen LogP contribution in [0.5, 0.6) is 0 Å². The van der Waals surface area contributed by atoms with Gasteiger partial charge in [0, 0.05) is 40.0 Å². The number of piperidine rings is 1. The van der Waals surface area contributed by atoms with Crippen LogP contribution in [0.4, 0.5) is 13.2 Å². The quantitative estimate of drug-likeness (QED) is 0.768. The summed E-state index contributed by atoms with van der Waals surface area (Å²) in [5.41, 5.74) is 0.551. The summed E-state index contributed by atoms with van der Waals surface area (Å²) in [7, 11) is 5.80. The van der Waals surface area contributed by atoms with Crippen molar-refractivity contribution in [1.29, 1.82) is 0 Å². The zero-order valence-corrected chi connectivity index (χ0v) is 18.5. The van der Waals surface area contributed by atoms with Crippen molar-refractivity contribution in [3.8, 4) is 0 Å². The molecule has 1 aliphatic carbocycles. The van der Waals surface area contributed by atoms with Gasteiger partial charge in [0.2, 0.25) is 5.91 Å². The molecule has 1 aliphatic heterocycles. The van der Waals surface area contributed by atoms with Crippen LogP contribution >= 0.6 is 0 Å². The molecule has 0 unspecified atom stereocenters. The highest BCUT2D eigenvalue weighted by atomic mass is 19.4. The average molecular weight is 447 g/mol. The van der Waals surface area contributed by atoms with Gasteiger partial charge in [-0.15, -0.1) is 0 Å². The van der Waals surface area contributed by atoms with Crippen molar-refractivity contribution < 1.29 is 27.9 Å². The van der Waals surface area contributed by atoms with Gasteiger partial charge in [-0.1, -0.05) is 0 Å². The topological polar surface area (TPSA) is 78.7 Å². The Labute approximate surface area is 181 Å². The molecule has 3 rings (SSSR count). The number of hydrogen-bond donors (Lipinski definition) is 1. The van der Waals surface area contributed by atoms with Gasteiger partial charge < -0.3 is 14.6 Å². The molecule has 2 aliphatic rings. The van der Waals surface area contributed by atoms with E-state index in [9.17, 15) is 18.0 Å². The van der Waals surface area contributed by atoms with E-state index in [4.69, 9.17) is 9.90 Å². The number of carbonyl (C=O) groups is 2. The van der Waals surface area contributed by atoms with E-state index in [1.165, 1.54) is 51.6 Å². The Bertz CT molecular complexity index is 730. The molecule has 1 saturated carbocycles. The Hall–Kier alpha value is -2.10. The molecule has 0 aromatic carbocycles. The molecule has 1 amide bonds. The lowest BCUT2D eigenvalue weighted by atomic mass is 9.65. The smallest absolute Gasteiger partial charge is 0.475 e. The third-order valence-corrected chi connectivity index (χ3v) is 6.57. The number of amides is 1. The molecule has 1 aromatic heterocycles. The molecular formula is C21H33F3N4O3. The van der Waals surface area contributed by atoms with E-state index in [1.54, 1.807) is 4.90 Å². The van der Waals surface area contributed by atoms with Crippen molar-refractivity contribution in [3.05, 3.63) is 18.2 Å². The molecule has 2 heterocycles. The first-order valence-electron chi connectivity index (χ1n) is 10.6. The Morgan fingerprint density at radius 2 is 1.74 bits per heavy atom. The van der Waals surface area contributed by atoms with E-state index in [2.05, 4.69) is 21.5 Å². The molecule has 7 nitrogen and oxygen atoms in total. The van der Waals surface area contributed by atoms with E-state index in [-0.39, 0.29) is 0 Å². The summed E-state index contributed by atoms with van der Waals surface area (Å²) in [4.78, 5) is 29.5. The fourth-order valence-electron chi connectivity index (χ4n) is 4.36. The lowest BCUT2D eigenvalue weighted by molar-refractivity contribution is -0.192. The van der Waals surface area contributed by atoms with Crippen LogP contribution in [0.15, 0.2) is 12.4 Å². The minimum Gasteiger partial charge on any atom is -0.475 e. The first-order chi connectivity index (χ1) is 14.4. The summed E-state index contributed by atoms with van der Waals surface area (Å²) < 4.78 is 33.9. The third kappa shape index (κ3) is 7.52. The van der Waals surface area contributed by atoms with Gasteiger partial charge in [-0.05, 0) is 62.9 Å². The Morgan fingerprint density at radius 1 is 1.19 bits per heavy atom. The highest BCUT2D eigenvalue weighted by molar-refractivity contribution is 5.75. The molecule has 1 spiro atoms. The zero-order valence-electron chi connectivity index (χ0n) is 18.5. The van der Waals surface area contributed by atoms with E-state index in [0.29, 0.717) is 17.2 Å². The van der Waals surface area contributed by atoms with Crippen LogP contribution in [-0.4, -0.2) is 69.7 Å². The fourth-order valence-corrected chi connectivity index (χ4v) is 4.36. The van der Waals surface area contributed by atoms with Gasteiger partial charge >= 0.3 is 12.1 Å². The van der Waals surface area contributed by atoms with Gasteiger partial charge in [-0.3, -0.25) is 9.69 Å². The number of carbonyl (C=O) groups excluding carboxylic acids is 1. The zero-order chi connectivity index (χ0) is 23.2. The molecule has 0 radical (unpaired) electrons. The summed E-state index contributed by atoms with van der Waals surface area (Å²) in [6.45, 7) is 3.35. The van der Waals surface area contributed by atoms with Crippen LogP contribution < -0.4 is 0 Å². The molecule has 10 heteroatoms. The van der Waals surface area contributed by atoms with Crippen molar-refractivity contribution in [2.75, 3.05) is 27.2 Å². The number of carboxylic acid groups (broad SMARTS) is 1. The van der Waals surface area contributed by atoms with Crippen LogP contribution in [0.25, 0.3) is 0 Å². The van der Waals surface area contributed by atoms with Crippen molar-refractivity contribution in [1.82, 2.24) is 19.4 Å². The maximum absolute atomic E-state index is 11.9. The largest absolute Gasteiger partial charge is 0.490 e. The number of halogens is 3. The maximum Gasteiger partial charge on any atom is 0.490 e. The first-order valence-corrected chi connectivity index (χ1v) is 10.6. The number of aliphatic carboxylic acids is 1. The minimum atomic E-state index is -5.08. The molecule has 0 bridgehead atoms. The van der Waals surface area contributed by atoms with Crippen molar-refractivity contribution in [2.24, 2.45) is 18.4 Å². The Kier molecular flexibility index (Phi) is 8.50. The maximum atomic E-state index is 11.9. The predicted octanol–water partition coefficient (Wildman–Crippen LogP) is 3.30. The number of rotatable bonds is 4. The van der Waals surface area contributed by atoms with Gasteiger partial charge in [0.1, 0.15) is 5.82 Å². The van der Waals surface area contributed by atoms with Crippen LogP contribution in [-0.2, 0) is 23.2 Å². The van der Waals surface area contributed by atoms with Gasteiger partial charge in [0.15, 0.2) is 0 Å². The second-order valence-electron chi connectivity index (χ2n) is 8.97. The molecular weight excluding hydrogens is 413 g/mol. The molecule has 31 heavy (non-hydrogen) atoms. The first kappa shape index (κ1) is 25.2. The van der Waals surface area contributed by atoms with Crippen LogP contribution in [0, 0.1) is 11.3 Å². The summed E-state index contributed by atoms with van der Waals surface area (Å²) in [6.07, 6.45) is 7.29. The summed E-state index contributed by atoms with van der Waals surface area (Å²) in [5.74, 6) is -0.693. The van der Waals surface area contributed by atoms with Crippen LogP contribution in [0.3, 0.4) is 0 Å². The number of aromatic nitrogens is 2. The summed E-state index contributed by atoms with van der Waals surface area (Å²) in [6, 6.07) is 0. The van der Waals surface area contributed by atoms with E-state index in [0.717, 1.165) is 18.8 Å². The Balaban J connectivity index is 0.000000423. The number of nitrogens with zero attached hydrogens (tertiary/aromatic N) is 4. The number of alkyl halides is 3. The number of imidazole rings is 1. The molecule has 2 fully saturated rings. The summed E-state index contributed by atoms with van der Waals surface area (Å²) in [5, 5.41) is 7.12. The molecule has 176 valence electrons. The van der Waals surface area contributed by atoms with Crippen molar-refractivity contribution in [2.45, 2.75) is 57.7 Å². The fraction of sp³-hybridized carbons (Fsp3) is 0.762. The number of likely N-dealkylation sites (tertiary alicyclic amines) is 1. The molecule has 0 atom stereocenters. The van der Waals surface area contributed by atoms with E-state index >= 15 is 0 Å². The average Bonchev–Trinajstić information content (AvgIpc) is 3.10. The monoisotopic (exact) mass is 446 g/mol. The van der Waals surface area contributed by atoms with Gasteiger partial charge in [-0.25, -0.2) is 9.78 Å². The number of carboxylic acids is 1. The molecule has 1 aromatic rings.